The molecule has 0 aliphatic rings. The summed E-state index contributed by atoms with van der Waals surface area (Å²) in [7, 11) is 0. The molecule has 2 rings (SSSR count). The van der Waals surface area contributed by atoms with Gasteiger partial charge in [0.1, 0.15) is 6.20 Å². The maximum Gasteiger partial charge on any atom is 0.318 e. The Bertz CT molecular complexity index is 533. The van der Waals surface area contributed by atoms with Crippen molar-refractivity contribution in [1.82, 2.24) is 10.2 Å². The number of H-pyrrole nitrogens is 1. The first-order chi connectivity index (χ1) is 7.70. The lowest BCUT2D eigenvalue weighted by atomic mass is 10.1. The Kier molecular flexibility index (Phi) is 2.47. The van der Waals surface area contributed by atoms with Crippen molar-refractivity contribution < 1.29 is 9.72 Å². The second-order valence-electron chi connectivity index (χ2n) is 3.08. The quantitative estimate of drug-likeness (QED) is 0.479. The fourth-order valence-electron chi connectivity index (χ4n) is 1.32. The van der Waals surface area contributed by atoms with Crippen LogP contribution in [0.4, 0.5) is 5.69 Å². The summed E-state index contributed by atoms with van der Waals surface area (Å²) in [6.45, 7) is 0. The number of ketones is 1. The number of nitro groups is 1. The number of hydrogen-bond acceptors (Lipinski definition) is 4. The van der Waals surface area contributed by atoms with Gasteiger partial charge in [0, 0.05) is 5.56 Å². The minimum Gasteiger partial charge on any atom is -0.287 e. The molecule has 0 saturated heterocycles. The highest BCUT2D eigenvalue weighted by Crippen LogP contribution is 2.18. The van der Waals surface area contributed by atoms with E-state index in [9.17, 15) is 14.9 Å². The van der Waals surface area contributed by atoms with Gasteiger partial charge in [-0.05, 0) is 0 Å². The highest BCUT2D eigenvalue weighted by molar-refractivity contribution is 6.09. The molecule has 0 bridgehead atoms. The Morgan fingerprint density at radius 1 is 1.31 bits per heavy atom. The van der Waals surface area contributed by atoms with E-state index in [0.717, 1.165) is 6.20 Å². The van der Waals surface area contributed by atoms with Gasteiger partial charge in [-0.15, -0.1) is 0 Å². The Morgan fingerprint density at radius 3 is 2.62 bits per heavy atom. The molecule has 1 N–H and O–H groups in total. The van der Waals surface area contributed by atoms with Crippen molar-refractivity contribution in [3.8, 4) is 0 Å². The molecule has 80 valence electrons. The van der Waals surface area contributed by atoms with E-state index >= 15 is 0 Å². The normalized spacial score (nSPS) is 10.0. The second-order valence-corrected chi connectivity index (χ2v) is 3.08. The Morgan fingerprint density at radius 2 is 2.00 bits per heavy atom. The molecule has 1 heterocycles. The zero-order valence-electron chi connectivity index (χ0n) is 8.08. The standard InChI is InChI=1S/C10H7N3O3/c14-10(7-4-2-1-3-5-7)9-8(13(15)16)6-11-12-9/h1-6H,(H,11,12). The highest BCUT2D eigenvalue weighted by atomic mass is 16.6. The van der Waals surface area contributed by atoms with Crippen LogP contribution < -0.4 is 0 Å². The predicted octanol–water partition coefficient (Wildman–Crippen LogP) is 1.55. The molecule has 0 unspecified atom stereocenters. The lowest BCUT2D eigenvalue weighted by Gasteiger charge is -1.96. The molecule has 1 aromatic carbocycles. The van der Waals surface area contributed by atoms with E-state index in [0.29, 0.717) is 5.56 Å². The molecule has 1 aromatic heterocycles. The number of aromatic nitrogens is 2. The van der Waals surface area contributed by atoms with Crippen LogP contribution in [0.3, 0.4) is 0 Å². The van der Waals surface area contributed by atoms with Crippen molar-refractivity contribution in [3.05, 3.63) is 57.9 Å². The number of hydrogen-bond donors (Lipinski definition) is 1. The van der Waals surface area contributed by atoms with Crippen molar-refractivity contribution in [2.45, 2.75) is 0 Å². The lowest BCUT2D eigenvalue weighted by Crippen LogP contribution is -2.04. The summed E-state index contributed by atoms with van der Waals surface area (Å²) in [6, 6.07) is 8.32. The maximum atomic E-state index is 11.9. The summed E-state index contributed by atoms with van der Waals surface area (Å²) in [5.74, 6) is -0.440. The fourth-order valence-corrected chi connectivity index (χ4v) is 1.32. The molecule has 0 saturated carbocycles. The first kappa shape index (κ1) is 10.0. The zero-order valence-corrected chi connectivity index (χ0v) is 8.08. The average molecular weight is 217 g/mol. The van der Waals surface area contributed by atoms with Crippen LogP contribution in [-0.2, 0) is 0 Å². The topological polar surface area (TPSA) is 88.9 Å². The van der Waals surface area contributed by atoms with Crippen molar-refractivity contribution in [2.75, 3.05) is 0 Å². The van der Waals surface area contributed by atoms with Crippen LogP contribution in [0, 0.1) is 10.1 Å². The number of benzene rings is 1. The molecular formula is C10H7N3O3. The largest absolute Gasteiger partial charge is 0.318 e. The summed E-state index contributed by atoms with van der Waals surface area (Å²) in [5, 5.41) is 16.5. The van der Waals surface area contributed by atoms with Gasteiger partial charge >= 0.3 is 5.69 Å². The molecule has 0 amide bonds. The Balaban J connectivity index is 2.42. The van der Waals surface area contributed by atoms with Crippen LogP contribution in [0.1, 0.15) is 16.1 Å². The van der Waals surface area contributed by atoms with Crippen molar-refractivity contribution >= 4 is 11.5 Å². The summed E-state index contributed by atoms with van der Waals surface area (Å²) in [4.78, 5) is 21.8. The van der Waals surface area contributed by atoms with Crippen LogP contribution in [-0.4, -0.2) is 20.9 Å². The molecule has 0 spiro atoms. The van der Waals surface area contributed by atoms with E-state index in [2.05, 4.69) is 10.2 Å². The molecule has 0 radical (unpaired) electrons. The van der Waals surface area contributed by atoms with Crippen LogP contribution in [0.15, 0.2) is 36.5 Å². The monoisotopic (exact) mass is 217 g/mol. The summed E-state index contributed by atoms with van der Waals surface area (Å²) in [5.41, 5.74) is -0.0279. The van der Waals surface area contributed by atoms with Crippen LogP contribution in [0.2, 0.25) is 0 Å². The van der Waals surface area contributed by atoms with Crippen LogP contribution in [0.25, 0.3) is 0 Å². The third kappa shape index (κ3) is 1.68. The molecule has 6 nitrogen and oxygen atoms in total. The number of rotatable bonds is 3. The van der Waals surface area contributed by atoms with Gasteiger partial charge in [0.05, 0.1) is 4.92 Å². The molecule has 0 fully saturated rings. The van der Waals surface area contributed by atoms with Crippen LogP contribution >= 0.6 is 0 Å². The number of nitrogens with one attached hydrogen (secondary N) is 1. The molecule has 0 aliphatic carbocycles. The molecule has 6 heteroatoms. The third-order valence-corrected chi connectivity index (χ3v) is 2.08. The van der Waals surface area contributed by atoms with Gasteiger partial charge in [-0.3, -0.25) is 20.0 Å². The smallest absolute Gasteiger partial charge is 0.287 e. The van der Waals surface area contributed by atoms with Crippen LogP contribution in [0.5, 0.6) is 0 Å². The second kappa shape index (κ2) is 3.93. The van der Waals surface area contributed by atoms with E-state index in [4.69, 9.17) is 0 Å². The van der Waals surface area contributed by atoms with E-state index in [1.54, 1.807) is 30.3 Å². The van der Waals surface area contributed by atoms with Gasteiger partial charge in [0.2, 0.25) is 5.78 Å². The minimum absolute atomic E-state index is 0.101. The van der Waals surface area contributed by atoms with Gasteiger partial charge < -0.3 is 0 Å². The van der Waals surface area contributed by atoms with Crippen molar-refractivity contribution in [3.63, 3.8) is 0 Å². The Hall–Kier alpha value is -2.50. The average Bonchev–Trinajstić information content (AvgIpc) is 2.78. The molecular weight excluding hydrogens is 210 g/mol. The van der Waals surface area contributed by atoms with Crippen molar-refractivity contribution in [1.29, 1.82) is 0 Å². The molecule has 16 heavy (non-hydrogen) atoms. The van der Waals surface area contributed by atoms with E-state index in [-0.39, 0.29) is 11.4 Å². The zero-order chi connectivity index (χ0) is 11.5. The van der Waals surface area contributed by atoms with Gasteiger partial charge in [-0.1, -0.05) is 30.3 Å². The number of carbonyl (C=O) groups is 1. The third-order valence-electron chi connectivity index (χ3n) is 2.08. The summed E-state index contributed by atoms with van der Waals surface area (Å²) >= 11 is 0. The predicted molar refractivity (Wildman–Crippen MR) is 55.1 cm³/mol. The number of nitrogens with zero attached hydrogens (tertiary/aromatic N) is 2. The summed E-state index contributed by atoms with van der Waals surface area (Å²) < 4.78 is 0. The highest BCUT2D eigenvalue weighted by Gasteiger charge is 2.23. The van der Waals surface area contributed by atoms with E-state index in [1.807, 2.05) is 0 Å². The van der Waals surface area contributed by atoms with Gasteiger partial charge in [-0.25, -0.2) is 0 Å². The molecule has 2 aromatic rings. The Labute approximate surface area is 90.1 Å². The fraction of sp³-hybridized carbons (Fsp3) is 0. The van der Waals surface area contributed by atoms with Gasteiger partial charge in [0.25, 0.3) is 0 Å². The lowest BCUT2D eigenvalue weighted by molar-refractivity contribution is -0.385. The SMILES string of the molecule is O=C(c1ccccc1)c1[nH]ncc1[N+](=O)[O-]. The number of carbonyl (C=O) groups excluding carboxylic acids is 1. The maximum absolute atomic E-state index is 11.9. The summed E-state index contributed by atoms with van der Waals surface area (Å²) in [6.07, 6.45) is 1.02. The minimum atomic E-state index is -0.639. The number of aromatic amines is 1. The van der Waals surface area contributed by atoms with E-state index < -0.39 is 10.7 Å². The first-order valence-corrected chi connectivity index (χ1v) is 4.47. The molecule has 0 aliphatic heterocycles. The van der Waals surface area contributed by atoms with Gasteiger partial charge in [-0.2, -0.15) is 5.10 Å². The first-order valence-electron chi connectivity index (χ1n) is 4.47. The van der Waals surface area contributed by atoms with E-state index in [1.165, 1.54) is 0 Å². The molecule has 0 atom stereocenters. The van der Waals surface area contributed by atoms with Crippen molar-refractivity contribution in [2.24, 2.45) is 0 Å². The van der Waals surface area contributed by atoms with Gasteiger partial charge in [0.15, 0.2) is 5.69 Å².